The second kappa shape index (κ2) is 9.71. The van der Waals surface area contributed by atoms with Crippen molar-refractivity contribution in [3.63, 3.8) is 0 Å². The van der Waals surface area contributed by atoms with E-state index in [1.54, 1.807) is 0 Å². The molecule has 4 aliphatic rings. The minimum absolute atomic E-state index is 0.0839. The van der Waals surface area contributed by atoms with Crippen LogP contribution >= 0.6 is 0 Å². The first-order valence-corrected chi connectivity index (χ1v) is 14.0. The maximum atomic E-state index is 13.8. The fourth-order valence-corrected chi connectivity index (χ4v) is 6.78. The molecule has 3 aliphatic heterocycles. The molecule has 6 rings (SSSR count). The molecule has 2 amide bonds. The van der Waals surface area contributed by atoms with E-state index in [1.807, 2.05) is 11.1 Å². The maximum absolute atomic E-state index is 13.8. The number of piperidine rings is 1. The number of benzene rings is 1. The molecule has 1 aromatic heterocycles. The number of carbonyl (C=O) groups is 2. The van der Waals surface area contributed by atoms with Gasteiger partial charge in [0.15, 0.2) is 0 Å². The Hall–Kier alpha value is -3.00. The van der Waals surface area contributed by atoms with Gasteiger partial charge < -0.3 is 15.5 Å². The second-order valence-corrected chi connectivity index (χ2v) is 11.6. The van der Waals surface area contributed by atoms with Gasteiger partial charge in [0, 0.05) is 42.5 Å². The van der Waals surface area contributed by atoms with Crippen molar-refractivity contribution in [2.45, 2.75) is 83.2 Å². The van der Waals surface area contributed by atoms with Crippen LogP contribution in [0.4, 0.5) is 17.5 Å². The van der Waals surface area contributed by atoms with Crippen LogP contribution in [0.25, 0.3) is 0 Å². The predicted octanol–water partition coefficient (Wildman–Crippen LogP) is 4.15. The lowest BCUT2D eigenvalue weighted by molar-refractivity contribution is -0.140. The van der Waals surface area contributed by atoms with Crippen LogP contribution in [-0.4, -0.2) is 58.4 Å². The van der Waals surface area contributed by atoms with Crippen molar-refractivity contribution in [2.24, 2.45) is 5.41 Å². The Morgan fingerprint density at radius 1 is 1.05 bits per heavy atom. The molecule has 0 unspecified atom stereocenters. The van der Waals surface area contributed by atoms with Crippen molar-refractivity contribution in [3.05, 3.63) is 41.6 Å². The molecule has 1 spiro atoms. The lowest BCUT2D eigenvalue weighted by Gasteiger charge is -2.40. The van der Waals surface area contributed by atoms with E-state index >= 15 is 0 Å². The smallest absolute Gasteiger partial charge is 0.244 e. The largest absolute Gasteiger partial charge is 0.355 e. The molecule has 2 N–H and O–H groups in total. The number of rotatable bonds is 5. The number of carbonyl (C=O) groups excluding carboxylic acids is 2. The molecule has 8 heteroatoms. The zero-order valence-electron chi connectivity index (χ0n) is 22.0. The fourth-order valence-electron chi connectivity index (χ4n) is 6.78. The van der Waals surface area contributed by atoms with Crippen molar-refractivity contribution in [1.82, 2.24) is 20.2 Å². The SMILES string of the molecule is CC(C)N1CCC(c2ccc(Nc3ncc4c(n3)N(C3CCCC3)C(=O)[C@]3(CCNC3=O)C4)cc2)CC1. The van der Waals surface area contributed by atoms with Gasteiger partial charge >= 0.3 is 0 Å². The van der Waals surface area contributed by atoms with Gasteiger partial charge in [-0.2, -0.15) is 4.98 Å². The molecule has 1 saturated carbocycles. The van der Waals surface area contributed by atoms with Crippen LogP contribution in [-0.2, 0) is 16.0 Å². The van der Waals surface area contributed by atoms with Crippen molar-refractivity contribution < 1.29 is 9.59 Å². The number of nitrogens with one attached hydrogen (secondary N) is 2. The summed E-state index contributed by atoms with van der Waals surface area (Å²) in [7, 11) is 0. The third-order valence-electron chi connectivity index (χ3n) is 9.05. The van der Waals surface area contributed by atoms with E-state index in [-0.39, 0.29) is 17.9 Å². The van der Waals surface area contributed by atoms with Crippen LogP contribution in [0.2, 0.25) is 0 Å². The van der Waals surface area contributed by atoms with Crippen molar-refractivity contribution in [1.29, 1.82) is 0 Å². The Kier molecular flexibility index (Phi) is 6.39. The number of nitrogens with zero attached hydrogens (tertiary/aromatic N) is 4. The average Bonchev–Trinajstić information content (AvgIpc) is 3.56. The Labute approximate surface area is 219 Å². The minimum Gasteiger partial charge on any atom is -0.355 e. The Morgan fingerprint density at radius 3 is 2.43 bits per heavy atom. The molecule has 4 heterocycles. The van der Waals surface area contributed by atoms with Crippen LogP contribution in [0.5, 0.6) is 0 Å². The Morgan fingerprint density at radius 2 is 1.78 bits per heavy atom. The van der Waals surface area contributed by atoms with E-state index in [4.69, 9.17) is 4.98 Å². The molecule has 2 saturated heterocycles. The van der Waals surface area contributed by atoms with Crippen LogP contribution in [0.3, 0.4) is 0 Å². The van der Waals surface area contributed by atoms with Gasteiger partial charge in [0.1, 0.15) is 11.2 Å². The maximum Gasteiger partial charge on any atom is 0.244 e. The zero-order valence-corrected chi connectivity index (χ0v) is 22.0. The standard InChI is InChI=1S/C29H38N6O2/c1-19(2)34-15-11-21(12-16-34)20-7-9-23(10-8-20)32-28-31-18-22-17-29(13-14-30-26(29)36)27(37)35(25(22)33-28)24-5-3-4-6-24/h7-10,18-19,21,24H,3-6,11-17H2,1-2H3,(H,30,36)(H,31,32,33)/t29-/m1/s1. The molecule has 1 aromatic carbocycles. The molecule has 196 valence electrons. The fraction of sp³-hybridized carbons (Fsp3) is 0.586. The Bertz CT molecular complexity index is 1170. The predicted molar refractivity (Wildman–Crippen MR) is 144 cm³/mol. The van der Waals surface area contributed by atoms with Crippen molar-refractivity contribution in [2.75, 3.05) is 29.9 Å². The van der Waals surface area contributed by atoms with Crippen LogP contribution in [0.15, 0.2) is 30.5 Å². The number of fused-ring (bicyclic) bond motifs is 1. The number of aromatic nitrogens is 2. The third-order valence-corrected chi connectivity index (χ3v) is 9.05. The molecule has 1 aliphatic carbocycles. The van der Waals surface area contributed by atoms with E-state index in [1.165, 1.54) is 18.4 Å². The van der Waals surface area contributed by atoms with E-state index in [0.29, 0.717) is 43.1 Å². The topological polar surface area (TPSA) is 90.5 Å². The van der Waals surface area contributed by atoms with Gasteiger partial charge in [-0.15, -0.1) is 0 Å². The number of hydrogen-bond donors (Lipinski definition) is 2. The average molecular weight is 503 g/mol. The minimum atomic E-state index is -1.00. The number of amides is 2. The normalized spacial score (nSPS) is 25.2. The van der Waals surface area contributed by atoms with E-state index < -0.39 is 5.41 Å². The van der Waals surface area contributed by atoms with Gasteiger partial charge in [0.2, 0.25) is 17.8 Å². The van der Waals surface area contributed by atoms with E-state index in [9.17, 15) is 9.59 Å². The molecule has 1 atom stereocenters. The molecular weight excluding hydrogens is 464 g/mol. The molecule has 0 bridgehead atoms. The first-order chi connectivity index (χ1) is 17.9. The highest BCUT2D eigenvalue weighted by Crippen LogP contribution is 2.44. The lowest BCUT2D eigenvalue weighted by atomic mass is 9.76. The summed E-state index contributed by atoms with van der Waals surface area (Å²) < 4.78 is 0. The quantitative estimate of drug-likeness (QED) is 0.597. The highest BCUT2D eigenvalue weighted by molar-refractivity contribution is 6.14. The first-order valence-electron chi connectivity index (χ1n) is 14.0. The summed E-state index contributed by atoms with van der Waals surface area (Å²) in [6, 6.07) is 9.35. The number of hydrogen-bond acceptors (Lipinski definition) is 6. The van der Waals surface area contributed by atoms with Gasteiger partial charge in [0.25, 0.3) is 0 Å². The third kappa shape index (κ3) is 4.39. The van der Waals surface area contributed by atoms with Crippen LogP contribution in [0.1, 0.15) is 75.8 Å². The monoisotopic (exact) mass is 502 g/mol. The highest BCUT2D eigenvalue weighted by atomic mass is 16.2. The molecule has 0 radical (unpaired) electrons. The molecule has 2 aromatic rings. The number of anilines is 3. The molecule has 37 heavy (non-hydrogen) atoms. The van der Waals surface area contributed by atoms with Gasteiger partial charge in [0.05, 0.1) is 0 Å². The van der Waals surface area contributed by atoms with E-state index in [0.717, 1.165) is 50.0 Å². The summed E-state index contributed by atoms with van der Waals surface area (Å²) in [4.78, 5) is 40.5. The summed E-state index contributed by atoms with van der Waals surface area (Å²) >= 11 is 0. The molecule has 3 fully saturated rings. The van der Waals surface area contributed by atoms with Gasteiger partial charge in [-0.25, -0.2) is 4.98 Å². The second-order valence-electron chi connectivity index (χ2n) is 11.6. The molecular formula is C29H38N6O2. The van der Waals surface area contributed by atoms with Gasteiger partial charge in [-0.3, -0.25) is 14.5 Å². The van der Waals surface area contributed by atoms with Crippen molar-refractivity contribution in [3.8, 4) is 0 Å². The zero-order chi connectivity index (χ0) is 25.6. The van der Waals surface area contributed by atoms with Crippen LogP contribution < -0.4 is 15.5 Å². The van der Waals surface area contributed by atoms with Gasteiger partial charge in [-0.1, -0.05) is 25.0 Å². The van der Waals surface area contributed by atoms with Gasteiger partial charge in [-0.05, 0) is 82.7 Å². The summed E-state index contributed by atoms with van der Waals surface area (Å²) in [5.41, 5.74) is 2.20. The summed E-state index contributed by atoms with van der Waals surface area (Å²) in [6.07, 6.45) is 9.22. The Balaban J connectivity index is 1.22. The highest BCUT2D eigenvalue weighted by Gasteiger charge is 2.56. The number of likely N-dealkylation sites (tertiary alicyclic amines) is 1. The summed E-state index contributed by atoms with van der Waals surface area (Å²) in [5, 5.41) is 6.24. The summed E-state index contributed by atoms with van der Waals surface area (Å²) in [5.74, 6) is 1.53. The molecule has 8 nitrogen and oxygen atoms in total. The van der Waals surface area contributed by atoms with Crippen LogP contribution in [0, 0.1) is 5.41 Å². The van der Waals surface area contributed by atoms with Crippen molar-refractivity contribution >= 4 is 29.3 Å². The van der Waals surface area contributed by atoms with E-state index in [2.05, 4.69) is 58.6 Å². The lowest BCUT2D eigenvalue weighted by Crippen LogP contribution is -2.56. The first kappa shape index (κ1) is 24.3. The summed E-state index contributed by atoms with van der Waals surface area (Å²) in [6.45, 7) is 7.41.